The lowest BCUT2D eigenvalue weighted by molar-refractivity contribution is -0.137. The van der Waals surface area contributed by atoms with Crippen LogP contribution in [0.5, 0.6) is 5.75 Å². The Balaban J connectivity index is 1.84. The Morgan fingerprint density at radius 1 is 1.15 bits per heavy atom. The fourth-order valence-corrected chi connectivity index (χ4v) is 2.60. The van der Waals surface area contributed by atoms with Crippen LogP contribution in [0.15, 0.2) is 46.9 Å². The predicted molar refractivity (Wildman–Crippen MR) is 91.5 cm³/mol. The molecule has 0 bridgehead atoms. The van der Waals surface area contributed by atoms with Crippen LogP contribution < -0.4 is 10.1 Å². The molecule has 1 amide bonds. The second-order valence-corrected chi connectivity index (χ2v) is 5.68. The summed E-state index contributed by atoms with van der Waals surface area (Å²) in [7, 11) is 0. The fourth-order valence-electron chi connectivity index (χ4n) is 2.60. The largest absolute Gasteiger partial charge is 0.494 e. The van der Waals surface area contributed by atoms with Gasteiger partial charge in [-0.25, -0.2) is 0 Å². The van der Waals surface area contributed by atoms with E-state index in [0.717, 1.165) is 17.5 Å². The monoisotopic (exact) mass is 363 g/mol. The van der Waals surface area contributed by atoms with Gasteiger partial charge in [-0.05, 0) is 56.3 Å². The summed E-state index contributed by atoms with van der Waals surface area (Å²) in [6.45, 7) is 4.13. The highest BCUT2D eigenvalue weighted by Crippen LogP contribution is 2.31. The minimum absolute atomic E-state index is 0.105. The first-order valence-electron chi connectivity index (χ1n) is 7.94. The van der Waals surface area contributed by atoms with Crippen LogP contribution in [0.2, 0.25) is 0 Å². The Morgan fingerprint density at radius 2 is 1.85 bits per heavy atom. The summed E-state index contributed by atoms with van der Waals surface area (Å²) in [6, 6.07) is 9.46. The summed E-state index contributed by atoms with van der Waals surface area (Å²) in [5.41, 5.74) is 0.631. The van der Waals surface area contributed by atoms with Gasteiger partial charge in [-0.1, -0.05) is 0 Å². The second-order valence-electron chi connectivity index (χ2n) is 5.68. The van der Waals surface area contributed by atoms with Crippen molar-refractivity contribution in [1.29, 1.82) is 0 Å². The molecule has 0 radical (unpaired) electrons. The average molecular weight is 363 g/mol. The number of hydrogen-bond acceptors (Lipinski definition) is 3. The lowest BCUT2D eigenvalue weighted by atomic mass is 10.1. The molecule has 136 valence electrons. The Hall–Kier alpha value is -2.96. The number of nitrogens with one attached hydrogen (secondary N) is 1. The van der Waals surface area contributed by atoms with Crippen molar-refractivity contribution in [3.05, 3.63) is 59.4 Å². The van der Waals surface area contributed by atoms with Gasteiger partial charge in [0.2, 0.25) is 0 Å². The zero-order chi connectivity index (χ0) is 18.9. The summed E-state index contributed by atoms with van der Waals surface area (Å²) in [5.74, 6) is 0.239. The molecular formula is C19H16F3NO3. The van der Waals surface area contributed by atoms with E-state index in [1.165, 1.54) is 12.1 Å². The molecule has 4 nitrogen and oxygen atoms in total. The number of anilines is 1. The van der Waals surface area contributed by atoms with Gasteiger partial charge in [-0.3, -0.25) is 4.79 Å². The molecule has 0 saturated heterocycles. The second kappa shape index (κ2) is 6.74. The quantitative estimate of drug-likeness (QED) is 0.674. The highest BCUT2D eigenvalue weighted by molar-refractivity contribution is 6.06. The van der Waals surface area contributed by atoms with Gasteiger partial charge in [0.05, 0.1) is 12.2 Å². The first kappa shape index (κ1) is 17.8. The first-order chi connectivity index (χ1) is 12.3. The number of fused-ring (bicyclic) bond motifs is 1. The molecule has 0 aliphatic carbocycles. The molecule has 0 fully saturated rings. The molecule has 26 heavy (non-hydrogen) atoms. The van der Waals surface area contributed by atoms with Crippen molar-refractivity contribution in [2.75, 3.05) is 11.9 Å². The van der Waals surface area contributed by atoms with Crippen LogP contribution in [-0.2, 0) is 6.18 Å². The molecule has 1 N–H and O–H groups in total. The van der Waals surface area contributed by atoms with E-state index in [1.54, 1.807) is 25.1 Å². The number of alkyl halides is 3. The van der Waals surface area contributed by atoms with Crippen LogP contribution in [0.3, 0.4) is 0 Å². The van der Waals surface area contributed by atoms with Crippen molar-refractivity contribution in [3.63, 3.8) is 0 Å². The number of furan rings is 1. The van der Waals surface area contributed by atoms with Gasteiger partial charge in [-0.2, -0.15) is 13.2 Å². The molecule has 1 heterocycles. The number of amides is 1. The Labute approximate surface area is 147 Å². The number of benzene rings is 2. The highest BCUT2D eigenvalue weighted by Gasteiger charge is 2.30. The van der Waals surface area contributed by atoms with Crippen LogP contribution in [0.4, 0.5) is 18.9 Å². The topological polar surface area (TPSA) is 51.5 Å². The summed E-state index contributed by atoms with van der Waals surface area (Å²) < 4.78 is 48.8. The molecule has 0 aliphatic rings. The third kappa shape index (κ3) is 3.51. The van der Waals surface area contributed by atoms with Gasteiger partial charge in [0, 0.05) is 16.6 Å². The number of ether oxygens (including phenoxy) is 1. The maximum absolute atomic E-state index is 12.6. The summed E-state index contributed by atoms with van der Waals surface area (Å²) in [4.78, 5) is 12.4. The van der Waals surface area contributed by atoms with Gasteiger partial charge in [0.25, 0.3) is 5.91 Å². The molecular weight excluding hydrogens is 347 g/mol. The number of rotatable bonds is 4. The van der Waals surface area contributed by atoms with E-state index < -0.39 is 17.6 Å². The summed E-state index contributed by atoms with van der Waals surface area (Å²) in [6.07, 6.45) is -4.42. The van der Waals surface area contributed by atoms with Crippen LogP contribution in [0, 0.1) is 6.92 Å². The van der Waals surface area contributed by atoms with Crippen LogP contribution in [-0.4, -0.2) is 12.5 Å². The predicted octanol–water partition coefficient (Wildman–Crippen LogP) is 5.41. The van der Waals surface area contributed by atoms with Crippen LogP contribution in [0.1, 0.15) is 28.6 Å². The Kier molecular flexibility index (Phi) is 4.63. The zero-order valence-corrected chi connectivity index (χ0v) is 14.1. The van der Waals surface area contributed by atoms with Gasteiger partial charge < -0.3 is 14.5 Å². The molecule has 7 heteroatoms. The van der Waals surface area contributed by atoms with E-state index in [9.17, 15) is 18.0 Å². The molecule has 3 aromatic rings. The molecule has 0 unspecified atom stereocenters. The van der Waals surface area contributed by atoms with Crippen molar-refractivity contribution < 1.29 is 27.1 Å². The lowest BCUT2D eigenvalue weighted by Crippen LogP contribution is -2.12. The molecule has 2 aromatic carbocycles. The minimum atomic E-state index is -4.42. The van der Waals surface area contributed by atoms with E-state index in [-0.39, 0.29) is 11.4 Å². The SMILES string of the molecule is CCOc1ccc2oc(C(=O)Nc3ccc(C(F)(F)F)cc3)c(C)c2c1. The Bertz CT molecular complexity index is 943. The first-order valence-corrected chi connectivity index (χ1v) is 7.94. The number of carbonyl (C=O) groups excluding carboxylic acids is 1. The highest BCUT2D eigenvalue weighted by atomic mass is 19.4. The van der Waals surface area contributed by atoms with E-state index in [1.807, 2.05) is 6.92 Å². The molecule has 1 aromatic heterocycles. The van der Waals surface area contributed by atoms with E-state index in [0.29, 0.717) is 23.5 Å². The van der Waals surface area contributed by atoms with Crippen molar-refractivity contribution in [3.8, 4) is 5.75 Å². The van der Waals surface area contributed by atoms with Gasteiger partial charge in [0.1, 0.15) is 11.3 Å². The van der Waals surface area contributed by atoms with Crippen molar-refractivity contribution in [2.45, 2.75) is 20.0 Å². The van der Waals surface area contributed by atoms with Crippen molar-refractivity contribution in [2.24, 2.45) is 0 Å². The van der Waals surface area contributed by atoms with Crippen molar-refractivity contribution >= 4 is 22.6 Å². The van der Waals surface area contributed by atoms with E-state index in [4.69, 9.17) is 9.15 Å². The maximum Gasteiger partial charge on any atom is 0.416 e. The number of aryl methyl sites for hydroxylation is 1. The lowest BCUT2D eigenvalue weighted by Gasteiger charge is -2.08. The van der Waals surface area contributed by atoms with Crippen LogP contribution in [0.25, 0.3) is 11.0 Å². The minimum Gasteiger partial charge on any atom is -0.494 e. The third-order valence-electron chi connectivity index (χ3n) is 3.89. The van der Waals surface area contributed by atoms with Gasteiger partial charge in [0.15, 0.2) is 5.76 Å². The van der Waals surface area contributed by atoms with Crippen molar-refractivity contribution in [1.82, 2.24) is 0 Å². The zero-order valence-electron chi connectivity index (χ0n) is 14.1. The van der Waals surface area contributed by atoms with Crippen LogP contribution >= 0.6 is 0 Å². The standard InChI is InChI=1S/C19H16F3NO3/c1-3-25-14-8-9-16-15(10-14)11(2)17(26-16)18(24)23-13-6-4-12(5-7-13)19(20,21)22/h4-10H,3H2,1-2H3,(H,23,24). The third-order valence-corrected chi connectivity index (χ3v) is 3.89. The molecule has 0 spiro atoms. The van der Waals surface area contributed by atoms with E-state index >= 15 is 0 Å². The molecule has 3 rings (SSSR count). The van der Waals surface area contributed by atoms with Gasteiger partial charge in [-0.15, -0.1) is 0 Å². The molecule has 0 atom stereocenters. The molecule has 0 saturated carbocycles. The normalized spacial score (nSPS) is 11.6. The number of halogens is 3. The average Bonchev–Trinajstić information content (AvgIpc) is 2.92. The van der Waals surface area contributed by atoms with Gasteiger partial charge >= 0.3 is 6.18 Å². The van der Waals surface area contributed by atoms with E-state index in [2.05, 4.69) is 5.32 Å². The number of carbonyl (C=O) groups is 1. The smallest absolute Gasteiger partial charge is 0.416 e. The summed E-state index contributed by atoms with van der Waals surface area (Å²) in [5, 5.41) is 3.29. The fraction of sp³-hybridized carbons (Fsp3) is 0.211. The summed E-state index contributed by atoms with van der Waals surface area (Å²) >= 11 is 0. The number of hydrogen-bond donors (Lipinski definition) is 1. The molecule has 0 aliphatic heterocycles. The maximum atomic E-state index is 12.6. The Morgan fingerprint density at radius 3 is 2.46 bits per heavy atom.